The summed E-state index contributed by atoms with van der Waals surface area (Å²) in [5.41, 5.74) is 2.35. The lowest BCUT2D eigenvalue weighted by atomic mass is 10.1. The monoisotopic (exact) mass is 450 g/mol. The van der Waals surface area contributed by atoms with Crippen LogP contribution in [0.25, 0.3) is 17.1 Å². The SMILES string of the molecule is COc1ccc(-n2c(S[C@H](C)C(=O)c3ccc(Cl)cc3)nnc2-c2ccncc2)cc1. The van der Waals surface area contributed by atoms with Gasteiger partial charge < -0.3 is 4.74 Å². The normalized spacial score (nSPS) is 11.8. The lowest BCUT2D eigenvalue weighted by molar-refractivity contribution is 0.0994. The van der Waals surface area contributed by atoms with Crippen LogP contribution in [0.3, 0.4) is 0 Å². The zero-order valence-corrected chi connectivity index (χ0v) is 18.5. The molecule has 0 saturated carbocycles. The number of hydrogen-bond donors (Lipinski definition) is 0. The predicted molar refractivity (Wildman–Crippen MR) is 122 cm³/mol. The summed E-state index contributed by atoms with van der Waals surface area (Å²) in [6, 6.07) is 18.3. The first kappa shape index (κ1) is 21.1. The lowest BCUT2D eigenvalue weighted by Gasteiger charge is -2.14. The second-order valence-corrected chi connectivity index (χ2v) is 8.45. The average molecular weight is 451 g/mol. The number of ketones is 1. The number of rotatable bonds is 7. The molecule has 2 aromatic heterocycles. The highest BCUT2D eigenvalue weighted by Crippen LogP contribution is 2.31. The van der Waals surface area contributed by atoms with Gasteiger partial charge in [0.15, 0.2) is 16.8 Å². The van der Waals surface area contributed by atoms with E-state index in [0.29, 0.717) is 21.6 Å². The van der Waals surface area contributed by atoms with Crippen LogP contribution in [0, 0.1) is 0 Å². The molecule has 0 aliphatic rings. The van der Waals surface area contributed by atoms with E-state index in [1.165, 1.54) is 11.8 Å². The van der Waals surface area contributed by atoms with Gasteiger partial charge in [-0.15, -0.1) is 10.2 Å². The van der Waals surface area contributed by atoms with Crippen LogP contribution >= 0.6 is 23.4 Å². The molecule has 0 radical (unpaired) electrons. The summed E-state index contributed by atoms with van der Waals surface area (Å²) in [6.45, 7) is 1.86. The molecule has 8 heteroatoms. The second kappa shape index (κ2) is 9.32. The quantitative estimate of drug-likeness (QED) is 0.279. The Morgan fingerprint density at radius 3 is 2.32 bits per heavy atom. The van der Waals surface area contributed by atoms with E-state index in [1.807, 2.05) is 47.9 Å². The maximum atomic E-state index is 12.9. The summed E-state index contributed by atoms with van der Waals surface area (Å²) in [5, 5.41) is 9.64. The van der Waals surface area contributed by atoms with Gasteiger partial charge in [-0.25, -0.2) is 0 Å². The van der Waals surface area contributed by atoms with Crippen LogP contribution in [0.4, 0.5) is 0 Å². The number of thioether (sulfide) groups is 1. The Labute approximate surface area is 189 Å². The highest BCUT2D eigenvalue weighted by atomic mass is 35.5. The fourth-order valence-corrected chi connectivity index (χ4v) is 4.13. The molecule has 4 rings (SSSR count). The van der Waals surface area contributed by atoms with E-state index in [1.54, 1.807) is 43.8 Å². The van der Waals surface area contributed by atoms with Crippen molar-refractivity contribution >= 4 is 29.1 Å². The number of benzene rings is 2. The Hall–Kier alpha value is -3.16. The Bertz CT molecular complexity index is 1180. The van der Waals surface area contributed by atoms with Gasteiger partial charge in [-0.2, -0.15) is 0 Å². The number of methoxy groups -OCH3 is 1. The third kappa shape index (κ3) is 4.62. The van der Waals surface area contributed by atoms with E-state index < -0.39 is 0 Å². The molecule has 1 atom stereocenters. The van der Waals surface area contributed by atoms with Gasteiger partial charge in [0.2, 0.25) is 0 Å². The average Bonchev–Trinajstić information content (AvgIpc) is 3.23. The van der Waals surface area contributed by atoms with Crippen molar-refractivity contribution < 1.29 is 9.53 Å². The Kier molecular flexibility index (Phi) is 6.34. The van der Waals surface area contributed by atoms with Gasteiger partial charge in [0.05, 0.1) is 12.4 Å². The van der Waals surface area contributed by atoms with Gasteiger partial charge in [0.25, 0.3) is 0 Å². The number of pyridine rings is 1. The third-order valence-electron chi connectivity index (χ3n) is 4.68. The van der Waals surface area contributed by atoms with Crippen molar-refractivity contribution in [3.63, 3.8) is 0 Å². The van der Waals surface area contributed by atoms with Crippen LogP contribution in [0.1, 0.15) is 17.3 Å². The van der Waals surface area contributed by atoms with Gasteiger partial charge in [0.1, 0.15) is 5.75 Å². The predicted octanol–water partition coefficient (Wildman–Crippen LogP) is 5.35. The van der Waals surface area contributed by atoms with Crippen molar-refractivity contribution in [2.45, 2.75) is 17.3 Å². The molecule has 6 nitrogen and oxygen atoms in total. The van der Waals surface area contributed by atoms with Crippen molar-refractivity contribution in [2.75, 3.05) is 7.11 Å². The maximum Gasteiger partial charge on any atom is 0.196 e. The van der Waals surface area contributed by atoms with Crippen LogP contribution in [0.2, 0.25) is 5.02 Å². The minimum absolute atomic E-state index is 0.00333. The van der Waals surface area contributed by atoms with Crippen LogP contribution in [-0.4, -0.2) is 37.9 Å². The number of ether oxygens (including phenoxy) is 1. The Morgan fingerprint density at radius 2 is 1.68 bits per heavy atom. The molecule has 0 saturated heterocycles. The third-order valence-corrected chi connectivity index (χ3v) is 5.98. The zero-order valence-electron chi connectivity index (χ0n) is 16.9. The van der Waals surface area contributed by atoms with Crippen LogP contribution in [0.15, 0.2) is 78.2 Å². The van der Waals surface area contributed by atoms with Crippen molar-refractivity contribution in [3.8, 4) is 22.8 Å². The van der Waals surface area contributed by atoms with Crippen molar-refractivity contribution in [1.82, 2.24) is 19.7 Å². The molecule has 2 heterocycles. The summed E-state index contributed by atoms with van der Waals surface area (Å²) in [7, 11) is 1.63. The Morgan fingerprint density at radius 1 is 1.00 bits per heavy atom. The highest BCUT2D eigenvalue weighted by molar-refractivity contribution is 8.00. The van der Waals surface area contributed by atoms with Gasteiger partial charge in [-0.1, -0.05) is 23.4 Å². The molecule has 156 valence electrons. The second-order valence-electron chi connectivity index (χ2n) is 6.71. The molecule has 4 aromatic rings. The molecule has 2 aromatic carbocycles. The first-order chi connectivity index (χ1) is 15.1. The minimum atomic E-state index is -0.368. The minimum Gasteiger partial charge on any atom is -0.497 e. The van der Waals surface area contributed by atoms with Crippen molar-refractivity contribution in [2.24, 2.45) is 0 Å². The molecule has 0 amide bonds. The summed E-state index contributed by atoms with van der Waals surface area (Å²) >= 11 is 7.30. The number of hydrogen-bond acceptors (Lipinski definition) is 6. The molecular formula is C23H19ClN4O2S. The molecule has 0 bridgehead atoms. The van der Waals surface area contributed by atoms with Gasteiger partial charge in [-0.05, 0) is 67.6 Å². The van der Waals surface area contributed by atoms with E-state index in [0.717, 1.165) is 17.0 Å². The molecule has 0 fully saturated rings. The van der Waals surface area contributed by atoms with Crippen molar-refractivity contribution in [3.05, 3.63) is 83.6 Å². The largest absolute Gasteiger partial charge is 0.497 e. The van der Waals surface area contributed by atoms with Crippen molar-refractivity contribution in [1.29, 1.82) is 0 Å². The number of Topliss-reactive ketones (excluding diaryl/α,β-unsaturated/α-hetero) is 1. The van der Waals surface area contributed by atoms with E-state index >= 15 is 0 Å². The number of carbonyl (C=O) groups is 1. The Balaban J connectivity index is 1.70. The molecule has 0 N–H and O–H groups in total. The fraction of sp³-hybridized carbons (Fsp3) is 0.130. The highest BCUT2D eigenvalue weighted by Gasteiger charge is 2.22. The molecule has 0 aliphatic heterocycles. The zero-order chi connectivity index (χ0) is 21.8. The molecule has 0 spiro atoms. The standard InChI is InChI=1S/C23H19ClN4O2S/c1-15(21(29)16-3-5-18(24)6-4-16)31-23-27-26-22(17-11-13-25-14-12-17)28(23)19-7-9-20(30-2)10-8-19/h3-15H,1-2H3/t15-/m1/s1. The van der Waals surface area contributed by atoms with Crippen LogP contribution in [-0.2, 0) is 0 Å². The maximum absolute atomic E-state index is 12.9. The van der Waals surface area contributed by atoms with E-state index in [4.69, 9.17) is 16.3 Å². The summed E-state index contributed by atoms with van der Waals surface area (Å²) in [6.07, 6.45) is 3.42. The van der Waals surface area contributed by atoms with E-state index in [9.17, 15) is 4.79 Å². The van der Waals surface area contributed by atoms with E-state index in [-0.39, 0.29) is 11.0 Å². The van der Waals surface area contributed by atoms with Crippen LogP contribution in [0.5, 0.6) is 5.75 Å². The summed E-state index contributed by atoms with van der Waals surface area (Å²) in [4.78, 5) is 17.0. The van der Waals surface area contributed by atoms with Crippen LogP contribution < -0.4 is 4.74 Å². The molecule has 0 unspecified atom stereocenters. The number of halogens is 1. The smallest absolute Gasteiger partial charge is 0.196 e. The topological polar surface area (TPSA) is 69.9 Å². The molecular weight excluding hydrogens is 432 g/mol. The first-order valence-corrected chi connectivity index (χ1v) is 10.8. The van der Waals surface area contributed by atoms with E-state index in [2.05, 4.69) is 15.2 Å². The summed E-state index contributed by atoms with van der Waals surface area (Å²) in [5.74, 6) is 1.42. The number of nitrogens with zero attached hydrogens (tertiary/aromatic N) is 4. The lowest BCUT2D eigenvalue weighted by Crippen LogP contribution is -2.14. The molecule has 0 aliphatic carbocycles. The number of carbonyl (C=O) groups excluding carboxylic acids is 1. The van der Waals surface area contributed by atoms with Gasteiger partial charge in [0, 0.05) is 34.2 Å². The number of aromatic nitrogens is 4. The van der Waals surface area contributed by atoms with Gasteiger partial charge >= 0.3 is 0 Å². The summed E-state index contributed by atoms with van der Waals surface area (Å²) < 4.78 is 7.21. The first-order valence-electron chi connectivity index (χ1n) is 9.53. The van der Waals surface area contributed by atoms with Gasteiger partial charge in [-0.3, -0.25) is 14.3 Å². The molecule has 31 heavy (non-hydrogen) atoms. The fourth-order valence-electron chi connectivity index (χ4n) is 3.06.